The second-order valence-electron chi connectivity index (χ2n) is 8.15. The molecule has 1 saturated heterocycles. The van der Waals surface area contributed by atoms with Crippen LogP contribution in [0.5, 0.6) is 0 Å². The molecule has 0 radical (unpaired) electrons. The van der Waals surface area contributed by atoms with Crippen LogP contribution in [0, 0.1) is 17.8 Å². The zero-order valence-electron chi connectivity index (χ0n) is 14.2. The van der Waals surface area contributed by atoms with Gasteiger partial charge in [0.1, 0.15) is 0 Å². The van der Waals surface area contributed by atoms with E-state index in [0.29, 0.717) is 0 Å². The van der Waals surface area contributed by atoms with E-state index >= 15 is 0 Å². The summed E-state index contributed by atoms with van der Waals surface area (Å²) in [6.45, 7) is 6.20. The van der Waals surface area contributed by atoms with Crippen LogP contribution in [0.25, 0.3) is 0 Å². The first-order chi connectivity index (χ1) is 10.3. The minimum absolute atomic E-state index is 0.781. The topological polar surface area (TPSA) is 24.1 Å². The lowest BCUT2D eigenvalue weighted by Crippen LogP contribution is -2.54. The van der Waals surface area contributed by atoms with E-state index in [2.05, 4.69) is 24.5 Å². The second kappa shape index (κ2) is 7.46. The van der Waals surface area contributed by atoms with E-state index in [9.17, 15) is 0 Å². The van der Waals surface area contributed by atoms with Crippen LogP contribution < -0.4 is 10.6 Å². The molecule has 0 aromatic heterocycles. The maximum absolute atomic E-state index is 4.15. The van der Waals surface area contributed by atoms with Crippen molar-refractivity contribution in [2.24, 2.45) is 17.8 Å². The van der Waals surface area contributed by atoms with E-state index in [1.807, 2.05) is 0 Å². The third kappa shape index (κ3) is 3.82. The van der Waals surface area contributed by atoms with Crippen molar-refractivity contribution in [1.29, 1.82) is 0 Å². The molecule has 3 aliphatic rings. The van der Waals surface area contributed by atoms with Crippen molar-refractivity contribution < 1.29 is 0 Å². The zero-order valence-corrected chi connectivity index (χ0v) is 14.2. The molecule has 0 aromatic carbocycles. The van der Waals surface area contributed by atoms with Crippen LogP contribution in [0.3, 0.4) is 0 Å². The Balaban J connectivity index is 1.60. The highest BCUT2D eigenvalue weighted by Gasteiger charge is 2.35. The molecule has 0 bridgehead atoms. The highest BCUT2D eigenvalue weighted by Crippen LogP contribution is 2.34. The molecule has 3 fully saturated rings. The van der Waals surface area contributed by atoms with Crippen LogP contribution in [0.1, 0.15) is 78.1 Å². The van der Waals surface area contributed by atoms with Gasteiger partial charge < -0.3 is 10.6 Å². The number of hydrogen-bond acceptors (Lipinski definition) is 2. The molecule has 0 aromatic rings. The first kappa shape index (κ1) is 15.8. The maximum atomic E-state index is 4.15. The lowest BCUT2D eigenvalue weighted by atomic mass is 9.74. The van der Waals surface area contributed by atoms with Crippen LogP contribution in [-0.2, 0) is 0 Å². The van der Waals surface area contributed by atoms with Crippen molar-refractivity contribution in [3.8, 4) is 0 Å². The van der Waals surface area contributed by atoms with Crippen molar-refractivity contribution in [3.05, 3.63) is 0 Å². The first-order valence-electron chi connectivity index (χ1n) is 9.75. The quantitative estimate of drug-likeness (QED) is 0.818. The van der Waals surface area contributed by atoms with Gasteiger partial charge in [-0.05, 0) is 56.4 Å². The average molecular weight is 293 g/mol. The summed E-state index contributed by atoms with van der Waals surface area (Å²) in [5.74, 6) is 2.66. The monoisotopic (exact) mass is 292 g/mol. The molecule has 2 nitrogen and oxygen atoms in total. The first-order valence-corrected chi connectivity index (χ1v) is 9.75. The highest BCUT2D eigenvalue weighted by atomic mass is 15.0. The normalized spacial score (nSPS) is 45.4. The minimum Gasteiger partial charge on any atom is -0.314 e. The number of nitrogens with one attached hydrogen (secondary N) is 2. The van der Waals surface area contributed by atoms with E-state index in [1.165, 1.54) is 70.8 Å². The van der Waals surface area contributed by atoms with E-state index in [4.69, 9.17) is 0 Å². The lowest BCUT2D eigenvalue weighted by molar-refractivity contribution is 0.131. The summed E-state index contributed by atoms with van der Waals surface area (Å²) in [5.41, 5.74) is 0. The van der Waals surface area contributed by atoms with Crippen molar-refractivity contribution in [2.75, 3.05) is 6.54 Å². The Bertz CT molecular complexity index is 311. The summed E-state index contributed by atoms with van der Waals surface area (Å²) < 4.78 is 0. The van der Waals surface area contributed by atoms with Gasteiger partial charge in [0.25, 0.3) is 0 Å². The van der Waals surface area contributed by atoms with E-state index in [1.54, 1.807) is 0 Å². The third-order valence-corrected chi connectivity index (χ3v) is 6.82. The lowest BCUT2D eigenvalue weighted by Gasteiger charge is -2.44. The van der Waals surface area contributed by atoms with Gasteiger partial charge in [-0.3, -0.25) is 0 Å². The van der Waals surface area contributed by atoms with E-state index in [-0.39, 0.29) is 0 Å². The summed E-state index contributed by atoms with van der Waals surface area (Å²) in [6.07, 6.45) is 14.3. The van der Waals surface area contributed by atoms with Crippen molar-refractivity contribution in [3.63, 3.8) is 0 Å². The van der Waals surface area contributed by atoms with Gasteiger partial charge in [0, 0.05) is 18.1 Å². The Morgan fingerprint density at radius 3 is 2.33 bits per heavy atom. The summed E-state index contributed by atoms with van der Waals surface area (Å²) in [5, 5.41) is 7.98. The molecule has 2 N–H and O–H groups in total. The van der Waals surface area contributed by atoms with Crippen LogP contribution in [0.2, 0.25) is 0 Å². The Labute approximate surface area is 131 Å². The molecule has 2 aliphatic carbocycles. The third-order valence-electron chi connectivity index (χ3n) is 6.82. The summed E-state index contributed by atoms with van der Waals surface area (Å²) in [7, 11) is 0. The summed E-state index contributed by atoms with van der Waals surface area (Å²) >= 11 is 0. The standard InChI is InChI=1S/C19H36N2/c1-14-8-7-12-17(15(14)2)21-19-11-4-3-9-16(19)18-10-5-6-13-20-18/h14-21H,3-13H2,1-2H3. The molecule has 1 heterocycles. The molecular formula is C19H36N2. The summed E-state index contributed by atoms with van der Waals surface area (Å²) in [6, 6.07) is 2.36. The largest absolute Gasteiger partial charge is 0.314 e. The molecule has 2 heteroatoms. The maximum Gasteiger partial charge on any atom is 0.0113 e. The predicted octanol–water partition coefficient (Wildman–Crippen LogP) is 4.10. The zero-order chi connectivity index (χ0) is 14.7. The van der Waals surface area contributed by atoms with Crippen LogP contribution in [-0.4, -0.2) is 24.7 Å². The van der Waals surface area contributed by atoms with Crippen LogP contribution in [0.15, 0.2) is 0 Å². The number of hydrogen-bond donors (Lipinski definition) is 2. The Morgan fingerprint density at radius 2 is 1.52 bits per heavy atom. The van der Waals surface area contributed by atoms with Crippen molar-refractivity contribution in [2.45, 2.75) is 96.2 Å². The molecular weight excluding hydrogens is 256 g/mol. The highest BCUT2D eigenvalue weighted by molar-refractivity contribution is 4.94. The van der Waals surface area contributed by atoms with E-state index < -0.39 is 0 Å². The van der Waals surface area contributed by atoms with Crippen LogP contribution in [0.4, 0.5) is 0 Å². The molecule has 0 amide bonds. The van der Waals surface area contributed by atoms with Gasteiger partial charge in [0.05, 0.1) is 0 Å². The van der Waals surface area contributed by atoms with Gasteiger partial charge in [-0.25, -0.2) is 0 Å². The second-order valence-corrected chi connectivity index (χ2v) is 8.15. The van der Waals surface area contributed by atoms with Gasteiger partial charge in [-0.15, -0.1) is 0 Å². The smallest absolute Gasteiger partial charge is 0.0113 e. The fourth-order valence-corrected chi connectivity index (χ4v) is 5.18. The van der Waals surface area contributed by atoms with Gasteiger partial charge in [-0.2, -0.15) is 0 Å². The molecule has 21 heavy (non-hydrogen) atoms. The van der Waals surface area contributed by atoms with Gasteiger partial charge in [-0.1, -0.05) is 46.0 Å². The molecule has 2 saturated carbocycles. The number of rotatable bonds is 3. The molecule has 6 atom stereocenters. The Morgan fingerprint density at radius 1 is 0.762 bits per heavy atom. The molecule has 6 unspecified atom stereocenters. The van der Waals surface area contributed by atoms with Gasteiger partial charge >= 0.3 is 0 Å². The summed E-state index contributed by atoms with van der Waals surface area (Å²) in [4.78, 5) is 0. The van der Waals surface area contributed by atoms with Gasteiger partial charge in [0.2, 0.25) is 0 Å². The fourth-order valence-electron chi connectivity index (χ4n) is 5.18. The Kier molecular flexibility index (Phi) is 5.61. The van der Waals surface area contributed by atoms with Crippen molar-refractivity contribution in [1.82, 2.24) is 10.6 Å². The molecule has 3 rings (SSSR count). The van der Waals surface area contributed by atoms with Crippen molar-refractivity contribution >= 4 is 0 Å². The molecule has 0 spiro atoms. The minimum atomic E-state index is 0.781. The van der Waals surface area contributed by atoms with Crippen LogP contribution >= 0.6 is 0 Å². The van der Waals surface area contributed by atoms with E-state index in [0.717, 1.165) is 35.9 Å². The fraction of sp³-hybridized carbons (Fsp3) is 1.00. The SMILES string of the molecule is CC1CCCC(NC2CCCCC2C2CCCCN2)C1C. The molecule has 1 aliphatic heterocycles. The number of piperidine rings is 1. The predicted molar refractivity (Wildman–Crippen MR) is 90.5 cm³/mol. The average Bonchev–Trinajstić information content (AvgIpc) is 2.53. The molecule has 122 valence electrons. The Hall–Kier alpha value is -0.0800. The van der Waals surface area contributed by atoms with Gasteiger partial charge in [0.15, 0.2) is 0 Å².